The summed E-state index contributed by atoms with van der Waals surface area (Å²) < 4.78 is 5.81. The number of carboxylic acids is 1. The van der Waals surface area contributed by atoms with Crippen molar-refractivity contribution in [1.29, 1.82) is 0 Å². The first kappa shape index (κ1) is 24.2. The lowest BCUT2D eigenvalue weighted by Crippen LogP contribution is -2.42. The predicted octanol–water partition coefficient (Wildman–Crippen LogP) is 6.88. The minimum Gasteiger partial charge on any atom is -0.477 e. The third-order valence-corrected chi connectivity index (χ3v) is 8.03. The lowest BCUT2D eigenvalue weighted by molar-refractivity contribution is -0.123. The lowest BCUT2D eigenvalue weighted by Gasteiger charge is -2.33. The smallest absolute Gasteiger partial charge is 0.348 e. The fraction of sp³-hybridized carbons (Fsp3) is 0.357. The van der Waals surface area contributed by atoms with E-state index in [1.54, 1.807) is 17.2 Å². The molecule has 1 amide bonds. The normalized spacial score (nSPS) is 18.0. The highest BCUT2D eigenvalue weighted by Gasteiger charge is 2.33. The van der Waals surface area contributed by atoms with Crippen LogP contribution < -0.4 is 4.90 Å². The zero-order chi connectivity index (χ0) is 25.4. The van der Waals surface area contributed by atoms with E-state index in [9.17, 15) is 14.7 Å². The second-order valence-electron chi connectivity index (χ2n) is 9.81. The molecule has 7 nitrogen and oxygen atoms in total. The van der Waals surface area contributed by atoms with Crippen molar-refractivity contribution < 1.29 is 19.1 Å². The fourth-order valence-corrected chi connectivity index (χ4v) is 5.87. The summed E-state index contributed by atoms with van der Waals surface area (Å²) in [5, 5.41) is 9.99. The van der Waals surface area contributed by atoms with Crippen LogP contribution in [0.25, 0.3) is 33.1 Å². The van der Waals surface area contributed by atoms with Crippen LogP contribution in [-0.4, -0.2) is 33.0 Å². The van der Waals surface area contributed by atoms with Gasteiger partial charge in [-0.3, -0.25) is 4.79 Å². The Hall–Kier alpha value is -3.52. The molecule has 1 aliphatic carbocycles. The maximum absolute atomic E-state index is 13.6. The largest absolute Gasteiger partial charge is 0.477 e. The Bertz CT molecular complexity index is 1360. The SMILES string of the molecule is CC1CCC(C(=O)N(c2cc(-c3ccc(-c4nc5ncccc5o4)cc3)sc2C(=O)O)C(C)C)CC1. The first-order valence-electron chi connectivity index (χ1n) is 12.3. The first-order chi connectivity index (χ1) is 17.3. The van der Waals surface area contributed by atoms with Crippen LogP contribution >= 0.6 is 11.3 Å². The number of hydrogen-bond donors (Lipinski definition) is 1. The number of amides is 1. The second-order valence-corrected chi connectivity index (χ2v) is 10.9. The number of carboxylic acid groups (broad SMARTS) is 1. The summed E-state index contributed by atoms with van der Waals surface area (Å²) in [6.45, 7) is 6.10. The number of thiophene rings is 1. The minimum atomic E-state index is -1.02. The molecule has 1 aliphatic rings. The van der Waals surface area contributed by atoms with Crippen molar-refractivity contribution in [2.24, 2.45) is 11.8 Å². The number of oxazole rings is 1. The van der Waals surface area contributed by atoms with Crippen molar-refractivity contribution in [3.8, 4) is 21.9 Å². The van der Waals surface area contributed by atoms with Gasteiger partial charge in [0.2, 0.25) is 11.8 Å². The van der Waals surface area contributed by atoms with Crippen molar-refractivity contribution in [2.45, 2.75) is 52.5 Å². The molecular weight excluding hydrogens is 474 g/mol. The average molecular weight is 504 g/mol. The van der Waals surface area contributed by atoms with E-state index in [2.05, 4.69) is 16.9 Å². The Morgan fingerprint density at radius 1 is 1.08 bits per heavy atom. The van der Waals surface area contributed by atoms with Gasteiger partial charge in [-0.25, -0.2) is 9.78 Å². The molecule has 8 heteroatoms. The molecule has 1 N–H and O–H groups in total. The summed E-state index contributed by atoms with van der Waals surface area (Å²) in [5.74, 6) is 0.0690. The van der Waals surface area contributed by atoms with E-state index in [-0.39, 0.29) is 22.7 Å². The molecular formula is C28H29N3O4S. The van der Waals surface area contributed by atoms with Crippen molar-refractivity contribution in [3.05, 3.63) is 53.5 Å². The molecule has 3 aromatic heterocycles. The number of benzene rings is 1. The van der Waals surface area contributed by atoms with Crippen LogP contribution in [0.4, 0.5) is 5.69 Å². The number of carbonyl (C=O) groups excluding carboxylic acids is 1. The van der Waals surface area contributed by atoms with Crippen molar-refractivity contribution in [3.63, 3.8) is 0 Å². The van der Waals surface area contributed by atoms with Gasteiger partial charge in [0.25, 0.3) is 0 Å². The van der Waals surface area contributed by atoms with Gasteiger partial charge in [-0.05, 0) is 81.3 Å². The van der Waals surface area contributed by atoms with E-state index in [0.717, 1.165) is 41.7 Å². The van der Waals surface area contributed by atoms with Crippen molar-refractivity contribution in [1.82, 2.24) is 9.97 Å². The number of carbonyl (C=O) groups is 2. The fourth-order valence-electron chi connectivity index (χ4n) is 4.88. The van der Waals surface area contributed by atoms with Gasteiger partial charge in [-0.1, -0.05) is 19.1 Å². The minimum absolute atomic E-state index is 0.0312. The summed E-state index contributed by atoms with van der Waals surface area (Å²) in [5.41, 5.74) is 3.33. The van der Waals surface area contributed by atoms with Gasteiger partial charge in [-0.15, -0.1) is 11.3 Å². The number of anilines is 1. The molecule has 1 aromatic carbocycles. The Balaban J connectivity index is 1.46. The standard InChI is InChI=1S/C28H29N3O4S/c1-16(2)31(27(32)20-8-6-17(3)7-9-20)21-15-23(36-24(21)28(33)34)18-10-12-19(13-11-18)26-30-25-22(35-26)5-4-14-29-25/h4-5,10-17,20H,6-9H2,1-3H3,(H,33,34). The molecule has 4 aromatic rings. The monoisotopic (exact) mass is 503 g/mol. The Morgan fingerprint density at radius 3 is 2.42 bits per heavy atom. The maximum Gasteiger partial charge on any atom is 0.348 e. The van der Waals surface area contributed by atoms with Gasteiger partial charge in [0.05, 0.1) is 5.69 Å². The van der Waals surface area contributed by atoms with Crippen LogP contribution in [0.5, 0.6) is 0 Å². The lowest BCUT2D eigenvalue weighted by atomic mass is 9.82. The predicted molar refractivity (Wildman–Crippen MR) is 141 cm³/mol. The quantitative estimate of drug-likeness (QED) is 0.308. The van der Waals surface area contributed by atoms with Gasteiger partial charge in [-0.2, -0.15) is 4.98 Å². The molecule has 36 heavy (non-hydrogen) atoms. The van der Waals surface area contributed by atoms with Crippen LogP contribution in [0, 0.1) is 11.8 Å². The topological polar surface area (TPSA) is 96.5 Å². The average Bonchev–Trinajstić information content (AvgIpc) is 3.49. The van der Waals surface area contributed by atoms with E-state index in [1.165, 1.54) is 11.3 Å². The van der Waals surface area contributed by atoms with Gasteiger partial charge in [0, 0.05) is 28.6 Å². The summed E-state index contributed by atoms with van der Waals surface area (Å²) in [6, 6.07) is 13.0. The number of aromatic nitrogens is 2. The molecule has 186 valence electrons. The number of hydrogen-bond acceptors (Lipinski definition) is 6. The van der Waals surface area contributed by atoms with E-state index in [0.29, 0.717) is 28.7 Å². The number of aromatic carboxylic acids is 1. The molecule has 0 atom stereocenters. The number of nitrogens with zero attached hydrogens (tertiary/aromatic N) is 3. The second kappa shape index (κ2) is 9.85. The van der Waals surface area contributed by atoms with Crippen LogP contribution in [0.3, 0.4) is 0 Å². The highest BCUT2D eigenvalue weighted by atomic mass is 32.1. The van der Waals surface area contributed by atoms with Crippen molar-refractivity contribution in [2.75, 3.05) is 4.90 Å². The molecule has 0 saturated heterocycles. The van der Waals surface area contributed by atoms with Gasteiger partial charge in [0.15, 0.2) is 11.2 Å². The Kier molecular flexibility index (Phi) is 6.62. The van der Waals surface area contributed by atoms with Gasteiger partial charge < -0.3 is 14.4 Å². The number of fused-ring (bicyclic) bond motifs is 1. The zero-order valence-electron chi connectivity index (χ0n) is 20.6. The Morgan fingerprint density at radius 2 is 1.78 bits per heavy atom. The van der Waals surface area contributed by atoms with Crippen LogP contribution in [0.1, 0.15) is 56.1 Å². The number of pyridine rings is 1. The summed E-state index contributed by atoms with van der Waals surface area (Å²) in [7, 11) is 0. The molecule has 5 rings (SSSR count). The van der Waals surface area contributed by atoms with E-state index in [1.807, 2.05) is 50.2 Å². The van der Waals surface area contributed by atoms with Gasteiger partial charge in [0.1, 0.15) is 4.88 Å². The first-order valence-corrected chi connectivity index (χ1v) is 13.2. The third-order valence-electron chi connectivity index (χ3n) is 6.87. The van der Waals surface area contributed by atoms with Crippen LogP contribution in [-0.2, 0) is 4.79 Å². The van der Waals surface area contributed by atoms with Gasteiger partial charge >= 0.3 is 5.97 Å². The van der Waals surface area contributed by atoms with Crippen molar-refractivity contribution >= 4 is 40.1 Å². The molecule has 1 fully saturated rings. The Labute approximate surface area is 213 Å². The zero-order valence-corrected chi connectivity index (χ0v) is 21.4. The molecule has 0 radical (unpaired) electrons. The molecule has 3 heterocycles. The number of rotatable bonds is 6. The highest BCUT2D eigenvalue weighted by Crippen LogP contribution is 2.40. The highest BCUT2D eigenvalue weighted by molar-refractivity contribution is 7.18. The van der Waals surface area contributed by atoms with E-state index < -0.39 is 5.97 Å². The third kappa shape index (κ3) is 4.65. The molecule has 0 bridgehead atoms. The van der Waals surface area contributed by atoms with E-state index in [4.69, 9.17) is 4.42 Å². The molecule has 1 saturated carbocycles. The van der Waals surface area contributed by atoms with Crippen LogP contribution in [0.2, 0.25) is 0 Å². The molecule has 0 unspecified atom stereocenters. The summed E-state index contributed by atoms with van der Waals surface area (Å²) >= 11 is 1.19. The summed E-state index contributed by atoms with van der Waals surface area (Å²) in [4.78, 5) is 37.1. The maximum atomic E-state index is 13.6. The van der Waals surface area contributed by atoms with E-state index >= 15 is 0 Å². The van der Waals surface area contributed by atoms with Crippen LogP contribution in [0.15, 0.2) is 53.1 Å². The summed E-state index contributed by atoms with van der Waals surface area (Å²) in [6.07, 6.45) is 5.45. The molecule has 0 aliphatic heterocycles. The molecule has 0 spiro atoms.